The number of aliphatic carboxylic acids is 1. The van der Waals surface area contributed by atoms with Gasteiger partial charge in [-0.25, -0.2) is 9.59 Å². The van der Waals surface area contributed by atoms with Crippen LogP contribution in [0.1, 0.15) is 46.5 Å². The summed E-state index contributed by atoms with van der Waals surface area (Å²) in [5.74, 6) is -4.75. The summed E-state index contributed by atoms with van der Waals surface area (Å²) in [4.78, 5) is 63.6. The van der Waals surface area contributed by atoms with Crippen molar-refractivity contribution in [1.29, 1.82) is 0 Å². The van der Waals surface area contributed by atoms with E-state index >= 15 is 0 Å². The number of amides is 1. The lowest BCUT2D eigenvalue weighted by atomic mass is 9.90. The number of Topliss-reactive ketones (excluding diaryl/α,β-unsaturated/α-hetero) is 2. The van der Waals surface area contributed by atoms with Crippen LogP contribution in [-0.4, -0.2) is 60.4 Å². The average molecular weight is 498 g/mol. The monoisotopic (exact) mass is 498 g/mol. The Morgan fingerprint density at radius 3 is 1.97 bits per heavy atom. The fourth-order valence-corrected chi connectivity index (χ4v) is 3.00. The summed E-state index contributed by atoms with van der Waals surface area (Å²) in [5, 5.41) is 9.58. The van der Waals surface area contributed by atoms with Crippen LogP contribution in [0.15, 0.2) is 53.5 Å². The van der Waals surface area contributed by atoms with Crippen molar-refractivity contribution >= 4 is 35.4 Å². The van der Waals surface area contributed by atoms with Gasteiger partial charge in [0, 0.05) is 23.1 Å². The number of carboxylic acids is 1. The standard InChI is InChI=1S/C25H26N2O9/c1-3-34-21(29)14-36-18-11-9-15(10-12-18)20(28)13-19(24(31)32)22(30)16-5-7-17(8-6-16)23(26)27-25(33)35-4-2/h5-12,19H,3-4,13-14H2,1-2H3,(H,31,32)(H2,26,27,33). The van der Waals surface area contributed by atoms with Gasteiger partial charge in [0.05, 0.1) is 13.2 Å². The summed E-state index contributed by atoms with van der Waals surface area (Å²) >= 11 is 0. The lowest BCUT2D eigenvalue weighted by Crippen LogP contribution is -2.27. The Bertz CT molecular complexity index is 1140. The number of esters is 1. The maximum Gasteiger partial charge on any atom is 0.435 e. The molecule has 0 spiro atoms. The highest BCUT2D eigenvalue weighted by Crippen LogP contribution is 2.19. The zero-order valence-electron chi connectivity index (χ0n) is 19.8. The number of hydrogen-bond acceptors (Lipinski definition) is 8. The van der Waals surface area contributed by atoms with Gasteiger partial charge >= 0.3 is 18.0 Å². The molecule has 1 atom stereocenters. The molecule has 0 aliphatic carbocycles. The number of aliphatic imine (C=N–C) groups is 1. The largest absolute Gasteiger partial charge is 0.482 e. The number of benzene rings is 2. The van der Waals surface area contributed by atoms with Crippen LogP contribution in [0, 0.1) is 5.92 Å². The SMILES string of the molecule is CCOC(=O)COc1ccc(C(=O)CC(C(=O)O)C(=O)c2ccc(/C(N)=N\C(=O)OCC)cc2)cc1. The second-order valence-electron chi connectivity index (χ2n) is 7.27. The Morgan fingerprint density at radius 1 is 0.861 bits per heavy atom. The Labute approximate surface area is 206 Å². The quantitative estimate of drug-likeness (QED) is 0.146. The van der Waals surface area contributed by atoms with Crippen LogP contribution in [-0.2, 0) is 19.1 Å². The van der Waals surface area contributed by atoms with E-state index in [9.17, 15) is 29.1 Å². The molecule has 11 nitrogen and oxygen atoms in total. The first-order chi connectivity index (χ1) is 17.2. The number of hydrogen-bond donors (Lipinski definition) is 2. The van der Waals surface area contributed by atoms with Crippen molar-refractivity contribution in [3.8, 4) is 5.75 Å². The molecule has 3 N–H and O–H groups in total. The van der Waals surface area contributed by atoms with E-state index in [0.29, 0.717) is 11.3 Å². The molecule has 0 aromatic heterocycles. The van der Waals surface area contributed by atoms with Gasteiger partial charge in [0.15, 0.2) is 18.2 Å². The molecular weight excluding hydrogens is 472 g/mol. The number of nitrogens with two attached hydrogens (primary N) is 1. The zero-order chi connectivity index (χ0) is 26.7. The molecule has 0 aliphatic rings. The summed E-state index contributed by atoms with van der Waals surface area (Å²) in [5.41, 5.74) is 6.29. The molecule has 0 fully saturated rings. The molecule has 190 valence electrons. The van der Waals surface area contributed by atoms with Crippen molar-refractivity contribution in [2.75, 3.05) is 19.8 Å². The third-order valence-electron chi connectivity index (χ3n) is 4.79. The molecule has 0 radical (unpaired) electrons. The fraction of sp³-hybridized carbons (Fsp3) is 0.280. The second-order valence-corrected chi connectivity index (χ2v) is 7.27. The molecule has 0 bridgehead atoms. The highest BCUT2D eigenvalue weighted by molar-refractivity contribution is 6.12. The molecule has 0 saturated carbocycles. The Kier molecular flexibility index (Phi) is 10.3. The van der Waals surface area contributed by atoms with Crippen LogP contribution < -0.4 is 10.5 Å². The smallest absolute Gasteiger partial charge is 0.435 e. The molecular formula is C25H26N2O9. The number of nitrogens with zero attached hydrogens (tertiary/aromatic N) is 1. The van der Waals surface area contributed by atoms with E-state index in [-0.39, 0.29) is 36.8 Å². The van der Waals surface area contributed by atoms with Crippen LogP contribution in [0.5, 0.6) is 5.75 Å². The van der Waals surface area contributed by atoms with Gasteiger partial charge in [0.25, 0.3) is 0 Å². The van der Waals surface area contributed by atoms with Crippen molar-refractivity contribution in [3.63, 3.8) is 0 Å². The summed E-state index contributed by atoms with van der Waals surface area (Å²) in [7, 11) is 0. The first-order valence-corrected chi connectivity index (χ1v) is 11.0. The van der Waals surface area contributed by atoms with E-state index in [0.717, 1.165) is 0 Å². The number of rotatable bonds is 12. The van der Waals surface area contributed by atoms with Gasteiger partial charge in [-0.2, -0.15) is 4.99 Å². The summed E-state index contributed by atoms with van der Waals surface area (Å²) < 4.78 is 14.7. The van der Waals surface area contributed by atoms with E-state index < -0.39 is 41.9 Å². The highest BCUT2D eigenvalue weighted by atomic mass is 16.6. The maximum absolute atomic E-state index is 12.8. The van der Waals surface area contributed by atoms with Crippen molar-refractivity contribution in [3.05, 3.63) is 65.2 Å². The lowest BCUT2D eigenvalue weighted by Gasteiger charge is -2.12. The third-order valence-corrected chi connectivity index (χ3v) is 4.79. The minimum atomic E-state index is -1.62. The molecule has 11 heteroatoms. The predicted molar refractivity (Wildman–Crippen MR) is 127 cm³/mol. The Balaban J connectivity index is 2.07. The third kappa shape index (κ3) is 8.05. The minimum absolute atomic E-state index is 0.0468. The molecule has 2 aromatic rings. The summed E-state index contributed by atoms with van der Waals surface area (Å²) in [6.07, 6.45) is -1.43. The fourth-order valence-electron chi connectivity index (χ4n) is 3.00. The maximum atomic E-state index is 12.8. The van der Waals surface area contributed by atoms with Crippen molar-refractivity contribution in [1.82, 2.24) is 0 Å². The van der Waals surface area contributed by atoms with Crippen molar-refractivity contribution < 1.29 is 43.3 Å². The second kappa shape index (κ2) is 13.4. The van der Waals surface area contributed by atoms with E-state index in [2.05, 4.69) is 9.73 Å². The molecule has 1 unspecified atom stereocenters. The van der Waals surface area contributed by atoms with Gasteiger partial charge in [0.1, 0.15) is 17.5 Å². The number of carbonyl (C=O) groups excluding carboxylic acids is 4. The van der Waals surface area contributed by atoms with Crippen LogP contribution >= 0.6 is 0 Å². The minimum Gasteiger partial charge on any atom is -0.482 e. The van der Waals surface area contributed by atoms with E-state index in [4.69, 9.17) is 15.2 Å². The topological polar surface area (TPSA) is 172 Å². The van der Waals surface area contributed by atoms with Crippen molar-refractivity contribution in [2.24, 2.45) is 16.6 Å². The number of ether oxygens (including phenoxy) is 3. The van der Waals surface area contributed by atoms with E-state index in [1.54, 1.807) is 13.8 Å². The molecule has 2 rings (SSSR count). The Morgan fingerprint density at radius 2 is 1.42 bits per heavy atom. The molecule has 36 heavy (non-hydrogen) atoms. The average Bonchev–Trinajstić information content (AvgIpc) is 2.86. The van der Waals surface area contributed by atoms with Crippen LogP contribution in [0.4, 0.5) is 4.79 Å². The lowest BCUT2D eigenvalue weighted by molar-refractivity contribution is -0.145. The zero-order valence-corrected chi connectivity index (χ0v) is 19.8. The van der Waals surface area contributed by atoms with Crippen LogP contribution in [0.3, 0.4) is 0 Å². The number of carboxylic acid groups (broad SMARTS) is 1. The van der Waals surface area contributed by atoms with Gasteiger partial charge in [-0.15, -0.1) is 0 Å². The first-order valence-electron chi connectivity index (χ1n) is 11.0. The molecule has 0 saturated heterocycles. The summed E-state index contributed by atoms with van der Waals surface area (Å²) in [6, 6.07) is 11.2. The highest BCUT2D eigenvalue weighted by Gasteiger charge is 2.30. The van der Waals surface area contributed by atoms with Gasteiger partial charge in [-0.1, -0.05) is 24.3 Å². The van der Waals surface area contributed by atoms with Gasteiger partial charge in [-0.3, -0.25) is 14.4 Å². The number of ketones is 2. The van der Waals surface area contributed by atoms with Gasteiger partial charge in [0.2, 0.25) is 0 Å². The Hall–Kier alpha value is -4.54. The number of carbonyl (C=O) groups is 5. The van der Waals surface area contributed by atoms with E-state index in [1.165, 1.54) is 48.5 Å². The molecule has 2 aromatic carbocycles. The molecule has 1 amide bonds. The van der Waals surface area contributed by atoms with Crippen LogP contribution in [0.25, 0.3) is 0 Å². The molecule has 0 aliphatic heterocycles. The van der Waals surface area contributed by atoms with Gasteiger partial charge < -0.3 is 25.1 Å². The molecule has 0 heterocycles. The first kappa shape index (κ1) is 27.7. The normalized spacial score (nSPS) is 11.8. The predicted octanol–water partition coefficient (Wildman–Crippen LogP) is 2.65. The summed E-state index contributed by atoms with van der Waals surface area (Å²) in [6.45, 7) is 3.34. The van der Waals surface area contributed by atoms with Crippen LogP contribution in [0.2, 0.25) is 0 Å². The van der Waals surface area contributed by atoms with E-state index in [1.807, 2.05) is 0 Å². The van der Waals surface area contributed by atoms with Gasteiger partial charge in [-0.05, 0) is 38.1 Å². The number of amidine groups is 1. The van der Waals surface area contributed by atoms with Crippen molar-refractivity contribution in [2.45, 2.75) is 20.3 Å².